The van der Waals surface area contributed by atoms with Crippen LogP contribution in [0.15, 0.2) is 74.9 Å². The molecule has 0 N–H and O–H groups in total. The Balaban J connectivity index is 1.95. The van der Waals surface area contributed by atoms with Gasteiger partial charge in [-0.05, 0) is 20.8 Å². The standard InChI is InChI=1S/C15H18N8OS2/c1-25(20-7-3-16-11-20,21-8-4-17-12-21)15(24)26(2,22-9-5-18-13-22)23-10-6-19-14-23/h3-14H,1-2H3. The molecule has 9 nitrogen and oxygen atoms in total. The quantitative estimate of drug-likeness (QED) is 0.534. The molecule has 4 aromatic rings. The third kappa shape index (κ3) is 2.31. The van der Waals surface area contributed by atoms with Crippen molar-refractivity contribution in [1.29, 1.82) is 0 Å². The number of nitrogens with zero attached hydrogens (tertiary/aromatic N) is 8. The van der Waals surface area contributed by atoms with Crippen LogP contribution in [0.2, 0.25) is 0 Å². The molecule has 26 heavy (non-hydrogen) atoms. The molecule has 0 radical (unpaired) electrons. The summed E-state index contributed by atoms with van der Waals surface area (Å²) >= 11 is 0. The van der Waals surface area contributed by atoms with Gasteiger partial charge in [-0.1, -0.05) is 0 Å². The Hall–Kier alpha value is -2.79. The van der Waals surface area contributed by atoms with Gasteiger partial charge in [0.15, 0.2) is 0 Å². The molecule has 4 aromatic heterocycles. The summed E-state index contributed by atoms with van der Waals surface area (Å²) in [6.45, 7) is 0. The summed E-state index contributed by atoms with van der Waals surface area (Å²) in [6.07, 6.45) is 24.6. The van der Waals surface area contributed by atoms with E-state index in [0.717, 1.165) is 0 Å². The first-order valence-electron chi connectivity index (χ1n) is 7.62. The van der Waals surface area contributed by atoms with Gasteiger partial charge in [0.05, 0.1) is 0 Å². The molecule has 0 saturated carbocycles. The number of carbonyl (C=O) groups excluding carboxylic acids is 1. The fourth-order valence-corrected chi connectivity index (χ4v) is 9.36. The Morgan fingerprint density at radius 3 is 1.08 bits per heavy atom. The Morgan fingerprint density at radius 1 is 0.615 bits per heavy atom. The SMILES string of the molecule is CS(C(=O)S(C)(n1ccnc1)n1ccnc1)(n1ccnc1)n1ccnc1. The van der Waals surface area contributed by atoms with E-state index in [4.69, 9.17) is 0 Å². The lowest BCUT2D eigenvalue weighted by Gasteiger charge is -2.46. The second-order valence-corrected chi connectivity index (χ2v) is 11.6. The van der Waals surface area contributed by atoms with E-state index in [1.165, 1.54) is 0 Å². The number of hydrogen-bond acceptors (Lipinski definition) is 5. The number of aromatic nitrogens is 8. The Bertz CT molecular complexity index is 828. The Labute approximate surface area is 153 Å². The predicted molar refractivity (Wildman–Crippen MR) is 103 cm³/mol. The third-order valence-electron chi connectivity index (χ3n) is 4.19. The van der Waals surface area contributed by atoms with Gasteiger partial charge in [-0.3, -0.25) is 20.7 Å². The summed E-state index contributed by atoms with van der Waals surface area (Å²) < 4.78 is 7.54. The predicted octanol–water partition coefficient (Wildman–Crippen LogP) is 2.61. The first-order valence-corrected chi connectivity index (χ1v) is 11.5. The maximum atomic E-state index is 14.2. The van der Waals surface area contributed by atoms with Crippen LogP contribution in [0.5, 0.6) is 0 Å². The Kier molecular flexibility index (Phi) is 3.96. The second kappa shape index (κ2) is 6.18. The highest BCUT2D eigenvalue weighted by molar-refractivity contribution is 8.65. The van der Waals surface area contributed by atoms with Crippen LogP contribution in [0.1, 0.15) is 0 Å². The zero-order chi connectivity index (χ0) is 18.2. The van der Waals surface area contributed by atoms with Crippen molar-refractivity contribution in [1.82, 2.24) is 35.8 Å². The van der Waals surface area contributed by atoms with Crippen molar-refractivity contribution in [3.8, 4) is 0 Å². The van der Waals surface area contributed by atoms with E-state index in [0.29, 0.717) is 0 Å². The van der Waals surface area contributed by atoms with E-state index in [9.17, 15) is 4.79 Å². The molecule has 0 unspecified atom stereocenters. The molecule has 0 amide bonds. The maximum Gasteiger partial charge on any atom is 0.280 e. The van der Waals surface area contributed by atoms with E-state index in [-0.39, 0.29) is 4.45 Å². The molecule has 4 rings (SSSR count). The topological polar surface area (TPSA) is 88.4 Å². The molecule has 0 aromatic carbocycles. The van der Waals surface area contributed by atoms with E-state index in [1.807, 2.05) is 53.2 Å². The summed E-state index contributed by atoms with van der Waals surface area (Å²) in [7, 11) is -4.38. The van der Waals surface area contributed by atoms with Crippen molar-refractivity contribution in [3.05, 3.63) is 74.9 Å². The average molecular weight is 390 g/mol. The normalized spacial score (nSPS) is 13.6. The second-order valence-electron chi connectivity index (χ2n) is 5.61. The molecule has 136 valence electrons. The zero-order valence-corrected chi connectivity index (χ0v) is 15.9. The van der Waals surface area contributed by atoms with Crippen molar-refractivity contribution in [2.24, 2.45) is 0 Å². The van der Waals surface area contributed by atoms with Crippen molar-refractivity contribution in [3.63, 3.8) is 0 Å². The summed E-state index contributed by atoms with van der Waals surface area (Å²) in [5.74, 6) is 0. The van der Waals surface area contributed by atoms with Gasteiger partial charge in [-0.25, -0.2) is 19.9 Å². The highest BCUT2D eigenvalue weighted by Gasteiger charge is 2.43. The lowest BCUT2D eigenvalue weighted by atomic mass is 11.0. The van der Waals surface area contributed by atoms with Gasteiger partial charge in [-0.15, -0.1) is 0 Å². The fourth-order valence-electron chi connectivity index (χ4n) is 2.69. The Morgan fingerprint density at radius 2 is 0.885 bits per heavy atom. The van der Waals surface area contributed by atoms with Crippen molar-refractivity contribution < 1.29 is 4.79 Å². The summed E-state index contributed by atoms with van der Waals surface area (Å²) in [4.78, 5) is 30.8. The lowest BCUT2D eigenvalue weighted by Crippen LogP contribution is -2.32. The van der Waals surface area contributed by atoms with E-state index >= 15 is 0 Å². The highest BCUT2D eigenvalue weighted by Crippen LogP contribution is 2.63. The molecule has 0 fully saturated rings. The van der Waals surface area contributed by atoms with Crippen LogP contribution in [0.25, 0.3) is 0 Å². The van der Waals surface area contributed by atoms with Gasteiger partial charge < -0.3 is 0 Å². The average Bonchev–Trinajstić information content (AvgIpc) is 3.47. The number of carbonyl (C=O) groups is 1. The van der Waals surface area contributed by atoms with Crippen LogP contribution in [0.4, 0.5) is 4.79 Å². The minimum absolute atomic E-state index is 0.0528. The van der Waals surface area contributed by atoms with Crippen LogP contribution < -0.4 is 0 Å². The van der Waals surface area contributed by atoms with Gasteiger partial charge in [0.25, 0.3) is 4.45 Å². The lowest BCUT2D eigenvalue weighted by molar-refractivity contribution is 0.275. The van der Waals surface area contributed by atoms with Crippen LogP contribution in [0.3, 0.4) is 0 Å². The third-order valence-corrected chi connectivity index (χ3v) is 11.5. The molecular formula is C15H18N8OS2. The van der Waals surface area contributed by atoms with Crippen LogP contribution in [-0.4, -0.2) is 52.8 Å². The molecule has 11 heteroatoms. The largest absolute Gasteiger partial charge is 0.280 e. The summed E-state index contributed by atoms with van der Waals surface area (Å²) in [5, 5.41) is 0. The maximum absolute atomic E-state index is 14.2. The zero-order valence-electron chi connectivity index (χ0n) is 14.2. The van der Waals surface area contributed by atoms with Gasteiger partial charge >= 0.3 is 0 Å². The van der Waals surface area contributed by atoms with Gasteiger partial charge in [0.1, 0.15) is 25.3 Å². The first-order chi connectivity index (χ1) is 12.6. The summed E-state index contributed by atoms with van der Waals surface area (Å²) in [5.41, 5.74) is 0. The minimum Gasteiger partial charge on any atom is -0.275 e. The molecule has 4 heterocycles. The van der Waals surface area contributed by atoms with E-state index in [2.05, 4.69) is 19.9 Å². The van der Waals surface area contributed by atoms with Crippen molar-refractivity contribution >= 4 is 25.2 Å². The van der Waals surface area contributed by atoms with Crippen LogP contribution in [0, 0.1) is 0 Å². The summed E-state index contributed by atoms with van der Waals surface area (Å²) in [6, 6.07) is 0. The van der Waals surface area contributed by atoms with Gasteiger partial charge in [0, 0.05) is 62.1 Å². The van der Waals surface area contributed by atoms with Crippen molar-refractivity contribution in [2.45, 2.75) is 0 Å². The number of imidazole rings is 4. The molecule has 0 atom stereocenters. The molecule has 0 bridgehead atoms. The molecule has 0 aliphatic heterocycles. The molecule has 0 spiro atoms. The first kappa shape index (κ1) is 16.7. The van der Waals surface area contributed by atoms with E-state index < -0.39 is 20.8 Å². The fraction of sp³-hybridized carbons (Fsp3) is 0.133. The molecule has 0 aliphatic rings. The number of rotatable bonds is 4. The number of hydrogen-bond donors (Lipinski definition) is 0. The van der Waals surface area contributed by atoms with Crippen molar-refractivity contribution in [2.75, 3.05) is 12.5 Å². The minimum atomic E-state index is -2.19. The monoisotopic (exact) mass is 390 g/mol. The van der Waals surface area contributed by atoms with Gasteiger partial charge in [0.2, 0.25) is 0 Å². The molecular weight excluding hydrogens is 372 g/mol. The highest BCUT2D eigenvalue weighted by atomic mass is 32.3. The smallest absolute Gasteiger partial charge is 0.275 e. The molecule has 0 saturated heterocycles. The molecule has 0 aliphatic carbocycles. The van der Waals surface area contributed by atoms with Crippen LogP contribution >= 0.6 is 20.8 Å². The van der Waals surface area contributed by atoms with Crippen LogP contribution in [-0.2, 0) is 0 Å². The van der Waals surface area contributed by atoms with Gasteiger partial charge in [-0.2, -0.15) is 0 Å². The van der Waals surface area contributed by atoms with E-state index in [1.54, 1.807) is 50.1 Å².